The van der Waals surface area contributed by atoms with Gasteiger partial charge in [-0.25, -0.2) is 4.79 Å². The highest BCUT2D eigenvalue weighted by Gasteiger charge is 2.38. The van der Waals surface area contributed by atoms with Gasteiger partial charge in [0.2, 0.25) is 5.91 Å². The number of hydrogen-bond acceptors (Lipinski definition) is 4. The molecule has 0 heterocycles. The molecule has 3 unspecified atom stereocenters. The summed E-state index contributed by atoms with van der Waals surface area (Å²) >= 11 is 6.47. The molecular weight excluding hydrogens is 526 g/mol. The predicted octanol–water partition coefficient (Wildman–Crippen LogP) is 7.51. The topological polar surface area (TPSA) is 87.7 Å². The van der Waals surface area contributed by atoms with Crippen LogP contribution in [0.3, 0.4) is 0 Å². The first-order chi connectivity index (χ1) is 18.7. The number of rotatable bonds is 11. The molecule has 7 nitrogen and oxygen atoms in total. The Bertz CT molecular complexity index is 1170. The van der Waals surface area contributed by atoms with Crippen LogP contribution in [0.1, 0.15) is 89.1 Å². The summed E-state index contributed by atoms with van der Waals surface area (Å²) in [6, 6.07) is 9.45. The van der Waals surface area contributed by atoms with Crippen molar-refractivity contribution >= 4 is 35.2 Å². The van der Waals surface area contributed by atoms with Crippen LogP contribution in [0.2, 0.25) is 5.02 Å². The summed E-state index contributed by atoms with van der Waals surface area (Å²) in [5.41, 5.74) is 3.28. The van der Waals surface area contributed by atoms with Gasteiger partial charge in [-0.3, -0.25) is 9.59 Å². The van der Waals surface area contributed by atoms with Crippen LogP contribution in [-0.4, -0.2) is 41.0 Å². The maximum atomic E-state index is 14.4. The smallest absolute Gasteiger partial charge is 0.408 e. The average molecular weight is 572 g/mol. The third-order valence-corrected chi connectivity index (χ3v) is 7.25. The Hall–Kier alpha value is -3.06. The van der Waals surface area contributed by atoms with Crippen LogP contribution in [0.25, 0.3) is 0 Å². The predicted molar refractivity (Wildman–Crippen MR) is 163 cm³/mol. The first kappa shape index (κ1) is 33.1. The molecule has 0 saturated carbocycles. The summed E-state index contributed by atoms with van der Waals surface area (Å²) < 4.78 is 5.49. The number of anilines is 1. The number of aryl methyl sites for hydroxylation is 3. The first-order valence-electron chi connectivity index (χ1n) is 14.1. The van der Waals surface area contributed by atoms with Crippen molar-refractivity contribution in [3.05, 3.63) is 63.7 Å². The standard InChI is InChI=1S/C32H46ClN3O4/c1-10-12-18-36(30(38)27(21(4)11-2)35-31(39)40-32(7,8)9)28(24-17-16-20(3)19-23(24)6)29(37)34-26-22(5)14-13-15-25(26)33/h13-17,19,21,27-28H,10-12,18H2,1-9H3,(H,34,37)(H,35,39). The van der Waals surface area contributed by atoms with E-state index >= 15 is 0 Å². The molecule has 2 rings (SSSR count). The normalized spacial score (nSPS) is 13.7. The van der Waals surface area contributed by atoms with Gasteiger partial charge in [0.1, 0.15) is 17.7 Å². The first-order valence-corrected chi connectivity index (χ1v) is 14.5. The quantitative estimate of drug-likeness (QED) is 0.292. The highest BCUT2D eigenvalue weighted by Crippen LogP contribution is 2.32. The number of amides is 3. The van der Waals surface area contributed by atoms with Crippen LogP contribution in [-0.2, 0) is 14.3 Å². The number of nitrogens with one attached hydrogen (secondary N) is 2. The van der Waals surface area contributed by atoms with Crippen LogP contribution in [0.4, 0.5) is 10.5 Å². The molecule has 0 aliphatic carbocycles. The molecule has 2 aromatic rings. The molecular formula is C32H46ClN3O4. The van der Waals surface area contributed by atoms with Gasteiger partial charge in [0.05, 0.1) is 10.7 Å². The van der Waals surface area contributed by atoms with Crippen molar-refractivity contribution in [2.24, 2.45) is 5.92 Å². The van der Waals surface area contributed by atoms with E-state index in [4.69, 9.17) is 16.3 Å². The Kier molecular flexibility index (Phi) is 12.0. The van der Waals surface area contributed by atoms with Gasteiger partial charge in [-0.05, 0) is 76.6 Å². The lowest BCUT2D eigenvalue weighted by Gasteiger charge is -2.36. The molecule has 2 aromatic carbocycles. The van der Waals surface area contributed by atoms with Crippen molar-refractivity contribution in [2.75, 3.05) is 11.9 Å². The number of hydrogen-bond donors (Lipinski definition) is 2. The van der Waals surface area contributed by atoms with Crippen molar-refractivity contribution in [3.63, 3.8) is 0 Å². The number of para-hydroxylation sites is 1. The monoisotopic (exact) mass is 571 g/mol. The Morgan fingerprint density at radius 1 is 1.02 bits per heavy atom. The molecule has 0 spiro atoms. The number of nitrogens with zero attached hydrogens (tertiary/aromatic N) is 1. The maximum absolute atomic E-state index is 14.4. The highest BCUT2D eigenvalue weighted by molar-refractivity contribution is 6.34. The zero-order valence-corrected chi connectivity index (χ0v) is 26.2. The zero-order valence-electron chi connectivity index (χ0n) is 25.5. The lowest BCUT2D eigenvalue weighted by atomic mass is 9.93. The van der Waals surface area contributed by atoms with Crippen LogP contribution in [0, 0.1) is 26.7 Å². The second kappa shape index (κ2) is 14.5. The van der Waals surface area contributed by atoms with Gasteiger partial charge < -0.3 is 20.3 Å². The molecule has 0 aliphatic heterocycles. The fourth-order valence-corrected chi connectivity index (χ4v) is 4.83. The van der Waals surface area contributed by atoms with Crippen LogP contribution in [0.5, 0.6) is 0 Å². The van der Waals surface area contributed by atoms with Crippen LogP contribution < -0.4 is 10.6 Å². The van der Waals surface area contributed by atoms with E-state index in [-0.39, 0.29) is 17.7 Å². The van der Waals surface area contributed by atoms with Crippen molar-refractivity contribution in [1.29, 1.82) is 0 Å². The Balaban J connectivity index is 2.64. The van der Waals surface area contributed by atoms with Crippen LogP contribution in [0.15, 0.2) is 36.4 Å². The van der Waals surface area contributed by atoms with Crippen LogP contribution >= 0.6 is 11.6 Å². The second-order valence-electron chi connectivity index (χ2n) is 11.6. The largest absolute Gasteiger partial charge is 0.444 e. The summed E-state index contributed by atoms with van der Waals surface area (Å²) in [5, 5.41) is 6.24. The van der Waals surface area contributed by atoms with E-state index in [0.29, 0.717) is 30.1 Å². The van der Waals surface area contributed by atoms with E-state index in [0.717, 1.165) is 28.7 Å². The summed E-state index contributed by atoms with van der Waals surface area (Å²) in [7, 11) is 0. The molecule has 40 heavy (non-hydrogen) atoms. The van der Waals surface area contributed by atoms with Gasteiger partial charge >= 0.3 is 6.09 Å². The number of unbranched alkanes of at least 4 members (excludes halogenated alkanes) is 1. The summed E-state index contributed by atoms with van der Waals surface area (Å²) in [5.74, 6) is -0.893. The highest BCUT2D eigenvalue weighted by atomic mass is 35.5. The van der Waals surface area contributed by atoms with Gasteiger partial charge in [0, 0.05) is 6.54 Å². The van der Waals surface area contributed by atoms with Gasteiger partial charge in [-0.15, -0.1) is 0 Å². The fourth-order valence-electron chi connectivity index (χ4n) is 4.56. The van der Waals surface area contributed by atoms with Gasteiger partial charge in [-0.1, -0.05) is 81.1 Å². The van der Waals surface area contributed by atoms with Crippen molar-refractivity contribution < 1.29 is 19.1 Å². The minimum atomic E-state index is -0.942. The lowest BCUT2D eigenvalue weighted by molar-refractivity contribution is -0.142. The Morgan fingerprint density at radius 2 is 1.70 bits per heavy atom. The molecule has 0 aromatic heterocycles. The zero-order chi connectivity index (χ0) is 30.2. The van der Waals surface area contributed by atoms with Crippen molar-refractivity contribution in [1.82, 2.24) is 10.2 Å². The molecule has 0 radical (unpaired) electrons. The van der Waals surface area contributed by atoms with Crippen molar-refractivity contribution in [2.45, 2.75) is 99.3 Å². The Morgan fingerprint density at radius 3 is 2.25 bits per heavy atom. The van der Waals surface area contributed by atoms with E-state index < -0.39 is 23.8 Å². The minimum Gasteiger partial charge on any atom is -0.444 e. The summed E-state index contributed by atoms with van der Waals surface area (Å²) in [6.45, 7) is 17.4. The number of halogens is 1. The molecule has 3 amide bonds. The number of alkyl carbamates (subject to hydrolysis) is 1. The van der Waals surface area contributed by atoms with E-state index in [9.17, 15) is 14.4 Å². The summed E-state index contributed by atoms with van der Waals surface area (Å²) in [6.07, 6.45) is 1.49. The molecule has 3 atom stereocenters. The number of benzene rings is 2. The molecule has 0 saturated heterocycles. The van der Waals surface area contributed by atoms with Crippen molar-refractivity contribution in [3.8, 4) is 0 Å². The average Bonchev–Trinajstić information content (AvgIpc) is 2.86. The maximum Gasteiger partial charge on any atom is 0.408 e. The molecule has 0 aliphatic rings. The van der Waals surface area contributed by atoms with E-state index in [1.54, 1.807) is 31.7 Å². The Labute approximate surface area is 245 Å². The third kappa shape index (κ3) is 8.98. The van der Waals surface area contributed by atoms with E-state index in [1.165, 1.54) is 0 Å². The molecule has 0 bridgehead atoms. The fraction of sp³-hybridized carbons (Fsp3) is 0.531. The number of ether oxygens (including phenoxy) is 1. The molecule has 8 heteroatoms. The number of carbonyl (C=O) groups is 3. The third-order valence-electron chi connectivity index (χ3n) is 6.94. The van der Waals surface area contributed by atoms with Gasteiger partial charge in [0.25, 0.3) is 5.91 Å². The SMILES string of the molecule is CCCCN(C(=O)C(NC(=O)OC(C)(C)C)C(C)CC)C(C(=O)Nc1c(C)cccc1Cl)c1ccc(C)cc1C. The number of carbonyl (C=O) groups excluding carboxylic acids is 3. The van der Waals surface area contributed by atoms with Gasteiger partial charge in [0.15, 0.2) is 0 Å². The minimum absolute atomic E-state index is 0.196. The van der Waals surface area contributed by atoms with E-state index in [2.05, 4.69) is 10.6 Å². The second-order valence-corrected chi connectivity index (χ2v) is 12.0. The molecule has 2 N–H and O–H groups in total. The molecule has 0 fully saturated rings. The van der Waals surface area contributed by atoms with E-state index in [1.807, 2.05) is 71.9 Å². The van der Waals surface area contributed by atoms with Gasteiger partial charge in [-0.2, -0.15) is 0 Å². The summed E-state index contributed by atoms with van der Waals surface area (Å²) in [4.78, 5) is 43.0. The molecule has 220 valence electrons. The lowest BCUT2D eigenvalue weighted by Crippen LogP contribution is -2.55.